The maximum atomic E-state index is 12.6. The van der Waals surface area contributed by atoms with E-state index in [1.165, 1.54) is 0 Å². The smallest absolute Gasteiger partial charge is 0.273 e. The molecule has 1 aromatic heterocycles. The second-order valence-corrected chi connectivity index (χ2v) is 6.83. The molecule has 3 rings (SSSR count). The van der Waals surface area contributed by atoms with E-state index in [2.05, 4.69) is 29.2 Å². The predicted molar refractivity (Wildman–Crippen MR) is 114 cm³/mol. The Bertz CT molecular complexity index is 1080. The van der Waals surface area contributed by atoms with Crippen LogP contribution in [-0.4, -0.2) is 40.2 Å². The Morgan fingerprint density at radius 2 is 1.62 bits per heavy atom. The maximum Gasteiger partial charge on any atom is 0.273 e. The first-order valence-corrected chi connectivity index (χ1v) is 9.82. The number of hydrogen-bond donors (Lipinski definition) is 2. The van der Waals surface area contributed by atoms with Crippen LogP contribution < -0.4 is 16.4 Å². The second kappa shape index (κ2) is 9.34. The van der Waals surface area contributed by atoms with Crippen LogP contribution in [0.2, 0.25) is 0 Å². The summed E-state index contributed by atoms with van der Waals surface area (Å²) in [5, 5.41) is 6.02. The molecule has 29 heavy (non-hydrogen) atoms. The van der Waals surface area contributed by atoms with Crippen molar-refractivity contribution in [3.8, 4) is 0 Å². The van der Waals surface area contributed by atoms with Crippen molar-refractivity contribution in [3.05, 3.63) is 80.9 Å². The van der Waals surface area contributed by atoms with E-state index in [4.69, 9.17) is 0 Å². The van der Waals surface area contributed by atoms with Crippen molar-refractivity contribution in [1.29, 1.82) is 0 Å². The summed E-state index contributed by atoms with van der Waals surface area (Å²) in [4.78, 5) is 39.6. The molecular weight excluding hydrogens is 368 g/mol. The first-order chi connectivity index (χ1) is 14.0. The zero-order valence-corrected chi connectivity index (χ0v) is 16.7. The molecule has 0 saturated carbocycles. The molecule has 3 aromatic rings. The summed E-state index contributed by atoms with van der Waals surface area (Å²) in [6.07, 6.45) is 0. The van der Waals surface area contributed by atoms with E-state index in [9.17, 15) is 14.4 Å². The van der Waals surface area contributed by atoms with Gasteiger partial charge in [0.25, 0.3) is 11.1 Å². The Morgan fingerprint density at radius 1 is 1.00 bits per heavy atom. The van der Waals surface area contributed by atoms with E-state index in [0.717, 1.165) is 23.3 Å². The van der Waals surface area contributed by atoms with Gasteiger partial charge in [0.2, 0.25) is 5.91 Å². The fourth-order valence-electron chi connectivity index (χ4n) is 3.57. The van der Waals surface area contributed by atoms with E-state index >= 15 is 0 Å². The Labute approximate surface area is 169 Å². The molecule has 2 N–H and O–H groups in total. The Hall–Kier alpha value is -3.19. The number of carbonyl (C=O) groups is 1. The lowest BCUT2D eigenvalue weighted by atomic mass is 10.1. The second-order valence-electron chi connectivity index (χ2n) is 6.83. The van der Waals surface area contributed by atoms with Gasteiger partial charge in [-0.05, 0) is 30.8 Å². The molecule has 0 aliphatic carbocycles. The molecule has 7 heteroatoms. The number of H-pyrrole nitrogens is 1. The lowest BCUT2D eigenvalue weighted by molar-refractivity contribution is -0.122. The monoisotopic (exact) mass is 394 g/mol. The predicted octanol–water partition coefficient (Wildman–Crippen LogP) is 1.89. The molecule has 7 nitrogen and oxygen atoms in total. The number of benzene rings is 2. The summed E-state index contributed by atoms with van der Waals surface area (Å²) in [6, 6.07) is 16.6. The van der Waals surface area contributed by atoms with Crippen molar-refractivity contribution in [2.45, 2.75) is 26.4 Å². The first kappa shape index (κ1) is 20.5. The zero-order chi connectivity index (χ0) is 20.8. The van der Waals surface area contributed by atoms with Gasteiger partial charge in [0, 0.05) is 6.54 Å². The lowest BCUT2D eigenvalue weighted by Gasteiger charge is -2.30. The highest BCUT2D eigenvalue weighted by atomic mass is 16.2. The van der Waals surface area contributed by atoms with Crippen molar-refractivity contribution in [2.75, 3.05) is 19.6 Å². The highest BCUT2D eigenvalue weighted by Gasteiger charge is 2.19. The highest BCUT2D eigenvalue weighted by Crippen LogP contribution is 2.19. The summed E-state index contributed by atoms with van der Waals surface area (Å²) in [6.45, 7) is 6.05. The van der Waals surface area contributed by atoms with Crippen LogP contribution in [-0.2, 0) is 11.3 Å². The minimum absolute atomic E-state index is 0.0301. The molecule has 0 radical (unpaired) electrons. The first-order valence-electron chi connectivity index (χ1n) is 9.82. The normalized spacial score (nSPS) is 12.2. The number of rotatable bonds is 8. The Kier molecular flexibility index (Phi) is 6.61. The Morgan fingerprint density at radius 3 is 2.28 bits per heavy atom. The summed E-state index contributed by atoms with van der Waals surface area (Å²) in [7, 11) is 0. The van der Waals surface area contributed by atoms with E-state index in [0.29, 0.717) is 17.3 Å². The largest absolute Gasteiger partial charge is 0.353 e. The van der Waals surface area contributed by atoms with Crippen LogP contribution in [0.1, 0.15) is 25.5 Å². The van der Waals surface area contributed by atoms with Crippen LogP contribution in [0.5, 0.6) is 0 Å². The minimum atomic E-state index is -0.390. The maximum absolute atomic E-state index is 12.6. The van der Waals surface area contributed by atoms with Crippen LogP contribution in [0.4, 0.5) is 0 Å². The van der Waals surface area contributed by atoms with Gasteiger partial charge in [0.1, 0.15) is 6.54 Å². The number of amides is 1. The van der Waals surface area contributed by atoms with Crippen LogP contribution in [0.15, 0.2) is 64.2 Å². The summed E-state index contributed by atoms with van der Waals surface area (Å²) in [5.74, 6) is -0.328. The molecule has 1 atom stereocenters. The standard InChI is InChI=1S/C22H26N4O3/c1-3-25(4-2)19(16-10-6-5-7-11-16)14-23-20(27)15-26-22(29)18-13-9-8-12-17(18)21(28)24-26/h5-13,19H,3-4,14-15H2,1-2H3,(H,23,27)(H,24,28). The van der Waals surface area contributed by atoms with Gasteiger partial charge < -0.3 is 5.32 Å². The van der Waals surface area contributed by atoms with E-state index in [1.807, 2.05) is 30.3 Å². The molecule has 0 spiro atoms. The van der Waals surface area contributed by atoms with Crippen LogP contribution in [0, 0.1) is 0 Å². The molecule has 0 aliphatic rings. The molecule has 1 heterocycles. The molecule has 1 amide bonds. The van der Waals surface area contributed by atoms with Gasteiger partial charge in [-0.1, -0.05) is 56.3 Å². The molecule has 2 aromatic carbocycles. The van der Waals surface area contributed by atoms with Gasteiger partial charge in [-0.3, -0.25) is 24.4 Å². The molecule has 0 aliphatic heterocycles. The summed E-state index contributed by atoms with van der Waals surface area (Å²) in [5.41, 5.74) is 0.338. The molecule has 152 valence electrons. The third kappa shape index (κ3) is 4.63. The van der Waals surface area contributed by atoms with Gasteiger partial charge in [-0.2, -0.15) is 0 Å². The number of carbonyl (C=O) groups excluding carboxylic acids is 1. The van der Waals surface area contributed by atoms with Gasteiger partial charge in [-0.15, -0.1) is 0 Å². The SMILES string of the molecule is CCN(CC)C(CNC(=O)Cn1[nH]c(=O)c2ccccc2c1=O)c1ccccc1. The van der Waals surface area contributed by atoms with Gasteiger partial charge >= 0.3 is 0 Å². The van der Waals surface area contributed by atoms with Crippen LogP contribution in [0.25, 0.3) is 10.8 Å². The molecular formula is C22H26N4O3. The number of aromatic nitrogens is 2. The third-order valence-corrected chi connectivity index (χ3v) is 5.12. The molecule has 0 saturated heterocycles. The van der Waals surface area contributed by atoms with Crippen molar-refractivity contribution >= 4 is 16.7 Å². The van der Waals surface area contributed by atoms with E-state index < -0.39 is 11.1 Å². The van der Waals surface area contributed by atoms with Crippen molar-refractivity contribution in [1.82, 2.24) is 20.0 Å². The zero-order valence-electron chi connectivity index (χ0n) is 16.7. The average molecular weight is 394 g/mol. The van der Waals surface area contributed by atoms with Crippen molar-refractivity contribution in [2.24, 2.45) is 0 Å². The summed E-state index contributed by atoms with van der Waals surface area (Å²) < 4.78 is 1.06. The number of aromatic amines is 1. The van der Waals surface area contributed by atoms with Gasteiger partial charge in [0.15, 0.2) is 0 Å². The topological polar surface area (TPSA) is 87.2 Å². The number of nitrogens with one attached hydrogen (secondary N) is 2. The lowest BCUT2D eigenvalue weighted by Crippen LogP contribution is -2.41. The van der Waals surface area contributed by atoms with Crippen molar-refractivity contribution < 1.29 is 4.79 Å². The van der Waals surface area contributed by atoms with Crippen LogP contribution in [0.3, 0.4) is 0 Å². The highest BCUT2D eigenvalue weighted by molar-refractivity contribution is 5.81. The van der Waals surface area contributed by atoms with Gasteiger partial charge in [-0.25, -0.2) is 4.68 Å². The Balaban J connectivity index is 1.76. The number of likely N-dealkylation sites (N-methyl/N-ethyl adjacent to an activating group) is 1. The third-order valence-electron chi connectivity index (χ3n) is 5.12. The summed E-state index contributed by atoms with van der Waals surface area (Å²) >= 11 is 0. The number of fused-ring (bicyclic) bond motifs is 1. The van der Waals surface area contributed by atoms with Gasteiger partial charge in [0.05, 0.1) is 16.8 Å². The fourth-order valence-corrected chi connectivity index (χ4v) is 3.57. The number of nitrogens with zero attached hydrogens (tertiary/aromatic N) is 2. The minimum Gasteiger partial charge on any atom is -0.353 e. The fraction of sp³-hybridized carbons (Fsp3) is 0.318. The number of hydrogen-bond acceptors (Lipinski definition) is 4. The van der Waals surface area contributed by atoms with E-state index in [-0.39, 0.29) is 18.5 Å². The average Bonchev–Trinajstić information content (AvgIpc) is 2.75. The molecule has 1 unspecified atom stereocenters. The van der Waals surface area contributed by atoms with Crippen LogP contribution >= 0.6 is 0 Å². The quantitative estimate of drug-likeness (QED) is 0.611. The van der Waals surface area contributed by atoms with E-state index in [1.54, 1.807) is 24.3 Å². The molecule has 0 bridgehead atoms. The molecule has 0 fully saturated rings. The van der Waals surface area contributed by atoms with Crippen molar-refractivity contribution in [3.63, 3.8) is 0 Å².